The Kier molecular flexibility index (Phi) is 7.12. The standard InChI is InChI=1S/C25H27N3O5S/c1-16-12-18-6-4-5-7-19(18)28(16)15-23(29)26-10-11-27-24(30)22(34-25(27)31)14-17-8-9-20(32-2)21(13-17)33-3/h4-9,13-14,16H,10-12,15H2,1-3H3,(H,26,29)/b22-14+. The maximum Gasteiger partial charge on any atom is 0.293 e. The zero-order valence-electron chi connectivity index (χ0n) is 19.4. The number of ether oxygens (including phenoxy) is 2. The van der Waals surface area contributed by atoms with Crippen molar-refractivity contribution in [2.45, 2.75) is 19.4 Å². The van der Waals surface area contributed by atoms with E-state index >= 15 is 0 Å². The Balaban J connectivity index is 1.33. The molecule has 8 nitrogen and oxygen atoms in total. The van der Waals surface area contributed by atoms with Gasteiger partial charge in [0, 0.05) is 24.8 Å². The molecular weight excluding hydrogens is 454 g/mol. The summed E-state index contributed by atoms with van der Waals surface area (Å²) in [4.78, 5) is 41.3. The van der Waals surface area contributed by atoms with Gasteiger partial charge >= 0.3 is 0 Å². The molecule has 0 saturated carbocycles. The van der Waals surface area contributed by atoms with Gasteiger partial charge in [0.2, 0.25) is 5.91 Å². The van der Waals surface area contributed by atoms with Crippen LogP contribution in [0.25, 0.3) is 6.08 Å². The maximum absolute atomic E-state index is 12.8. The number of carbonyl (C=O) groups is 3. The lowest BCUT2D eigenvalue weighted by Crippen LogP contribution is -2.43. The molecule has 0 radical (unpaired) electrons. The Labute approximate surface area is 202 Å². The highest BCUT2D eigenvalue weighted by Crippen LogP contribution is 2.34. The van der Waals surface area contributed by atoms with Crippen molar-refractivity contribution >= 4 is 40.6 Å². The largest absolute Gasteiger partial charge is 0.493 e. The third kappa shape index (κ3) is 4.89. The summed E-state index contributed by atoms with van der Waals surface area (Å²) in [6.45, 7) is 2.65. The highest BCUT2D eigenvalue weighted by molar-refractivity contribution is 8.18. The summed E-state index contributed by atoms with van der Waals surface area (Å²) in [6.07, 6.45) is 2.56. The van der Waals surface area contributed by atoms with Gasteiger partial charge in [0.25, 0.3) is 11.1 Å². The van der Waals surface area contributed by atoms with Gasteiger partial charge in [-0.1, -0.05) is 24.3 Å². The predicted molar refractivity (Wildman–Crippen MR) is 132 cm³/mol. The molecule has 1 N–H and O–H groups in total. The lowest BCUT2D eigenvalue weighted by molar-refractivity contribution is -0.124. The molecule has 34 heavy (non-hydrogen) atoms. The molecular formula is C25H27N3O5S. The van der Waals surface area contributed by atoms with E-state index in [9.17, 15) is 14.4 Å². The number of fused-ring (bicyclic) bond motifs is 1. The Morgan fingerprint density at radius 1 is 1.15 bits per heavy atom. The molecule has 1 atom stereocenters. The molecule has 2 aliphatic heterocycles. The minimum Gasteiger partial charge on any atom is -0.493 e. The average Bonchev–Trinajstić information content (AvgIpc) is 3.29. The van der Waals surface area contributed by atoms with E-state index in [-0.39, 0.29) is 42.7 Å². The number of nitrogens with zero attached hydrogens (tertiary/aromatic N) is 2. The van der Waals surface area contributed by atoms with Gasteiger partial charge in [0.05, 0.1) is 25.7 Å². The number of para-hydroxylation sites is 1. The Morgan fingerprint density at radius 2 is 1.91 bits per heavy atom. The number of imide groups is 1. The lowest BCUT2D eigenvalue weighted by Gasteiger charge is -2.24. The minimum atomic E-state index is -0.374. The average molecular weight is 482 g/mol. The number of carbonyl (C=O) groups excluding carboxylic acids is 3. The van der Waals surface area contributed by atoms with Gasteiger partial charge in [-0.3, -0.25) is 19.3 Å². The second-order valence-electron chi connectivity index (χ2n) is 8.11. The van der Waals surface area contributed by atoms with E-state index in [0.29, 0.717) is 16.4 Å². The fourth-order valence-electron chi connectivity index (χ4n) is 4.18. The van der Waals surface area contributed by atoms with Gasteiger partial charge in [0.1, 0.15) is 0 Å². The number of methoxy groups -OCH3 is 2. The zero-order chi connectivity index (χ0) is 24.2. The van der Waals surface area contributed by atoms with Gasteiger partial charge in [0.15, 0.2) is 11.5 Å². The predicted octanol–water partition coefficient (Wildman–Crippen LogP) is 3.31. The van der Waals surface area contributed by atoms with Crippen molar-refractivity contribution in [2.75, 3.05) is 38.8 Å². The van der Waals surface area contributed by atoms with Gasteiger partial charge in [-0.2, -0.15) is 0 Å². The molecule has 4 rings (SSSR count). The van der Waals surface area contributed by atoms with Gasteiger partial charge in [-0.05, 0) is 60.5 Å². The molecule has 1 fully saturated rings. The molecule has 2 aromatic rings. The van der Waals surface area contributed by atoms with Gasteiger partial charge < -0.3 is 19.7 Å². The Hall–Kier alpha value is -3.46. The van der Waals surface area contributed by atoms with Crippen molar-refractivity contribution in [3.63, 3.8) is 0 Å². The van der Waals surface area contributed by atoms with Gasteiger partial charge in [-0.15, -0.1) is 0 Å². The molecule has 2 aliphatic rings. The summed E-state index contributed by atoms with van der Waals surface area (Å²) in [6, 6.07) is 13.6. The van der Waals surface area contributed by atoms with Crippen LogP contribution in [0.2, 0.25) is 0 Å². The third-order valence-electron chi connectivity index (χ3n) is 5.90. The highest BCUT2D eigenvalue weighted by Gasteiger charge is 2.35. The normalized spacial score (nSPS) is 18.4. The van der Waals surface area contributed by atoms with Crippen molar-refractivity contribution in [1.29, 1.82) is 0 Å². The van der Waals surface area contributed by atoms with Crippen molar-refractivity contribution in [1.82, 2.24) is 10.2 Å². The van der Waals surface area contributed by atoms with E-state index in [1.807, 2.05) is 18.2 Å². The molecule has 1 unspecified atom stereocenters. The number of thioether (sulfide) groups is 1. The fourth-order valence-corrected chi connectivity index (χ4v) is 5.04. The molecule has 0 bridgehead atoms. The molecule has 2 aromatic carbocycles. The first kappa shape index (κ1) is 23.7. The summed E-state index contributed by atoms with van der Waals surface area (Å²) in [5.74, 6) is 0.598. The van der Waals surface area contributed by atoms with Crippen LogP contribution in [0.3, 0.4) is 0 Å². The van der Waals surface area contributed by atoms with Crippen LogP contribution in [0.15, 0.2) is 47.4 Å². The number of anilines is 1. The summed E-state index contributed by atoms with van der Waals surface area (Å²) in [5.41, 5.74) is 3.04. The van der Waals surface area contributed by atoms with Crippen LogP contribution in [0, 0.1) is 0 Å². The fraction of sp³-hybridized carbons (Fsp3) is 0.320. The smallest absolute Gasteiger partial charge is 0.293 e. The number of hydrogen-bond acceptors (Lipinski definition) is 7. The maximum atomic E-state index is 12.8. The lowest BCUT2D eigenvalue weighted by atomic mass is 10.1. The molecule has 178 valence electrons. The van der Waals surface area contributed by atoms with Crippen LogP contribution in [0.4, 0.5) is 10.5 Å². The molecule has 2 heterocycles. The van der Waals surface area contributed by atoms with Crippen molar-refractivity contribution in [2.24, 2.45) is 0 Å². The monoisotopic (exact) mass is 481 g/mol. The first-order chi connectivity index (χ1) is 16.4. The second kappa shape index (κ2) is 10.2. The first-order valence-corrected chi connectivity index (χ1v) is 11.8. The summed E-state index contributed by atoms with van der Waals surface area (Å²) in [5, 5.41) is 2.48. The van der Waals surface area contributed by atoms with Crippen LogP contribution in [0.1, 0.15) is 18.1 Å². The molecule has 0 spiro atoms. The van der Waals surface area contributed by atoms with E-state index in [1.54, 1.807) is 31.4 Å². The van der Waals surface area contributed by atoms with Crippen LogP contribution in [-0.4, -0.2) is 61.8 Å². The first-order valence-electron chi connectivity index (χ1n) is 11.0. The van der Waals surface area contributed by atoms with Crippen LogP contribution in [-0.2, 0) is 16.0 Å². The van der Waals surface area contributed by atoms with Crippen LogP contribution < -0.4 is 19.7 Å². The Bertz CT molecular complexity index is 1150. The molecule has 1 saturated heterocycles. The number of benzene rings is 2. The van der Waals surface area contributed by atoms with Crippen LogP contribution in [0.5, 0.6) is 11.5 Å². The quantitative estimate of drug-likeness (QED) is 0.579. The number of hydrogen-bond donors (Lipinski definition) is 1. The van der Waals surface area contributed by atoms with Gasteiger partial charge in [-0.25, -0.2) is 0 Å². The van der Waals surface area contributed by atoms with E-state index < -0.39 is 0 Å². The molecule has 0 aliphatic carbocycles. The summed E-state index contributed by atoms with van der Waals surface area (Å²) < 4.78 is 10.5. The number of nitrogens with one attached hydrogen (secondary N) is 1. The minimum absolute atomic E-state index is 0.117. The Morgan fingerprint density at radius 3 is 2.68 bits per heavy atom. The zero-order valence-corrected chi connectivity index (χ0v) is 20.2. The molecule has 3 amide bonds. The SMILES string of the molecule is COc1ccc(/C=C2/SC(=O)N(CCNC(=O)CN3c4ccccc4CC3C)C2=O)cc1OC. The third-order valence-corrected chi connectivity index (χ3v) is 6.81. The highest BCUT2D eigenvalue weighted by atomic mass is 32.2. The molecule has 0 aromatic heterocycles. The number of amides is 3. The van der Waals surface area contributed by atoms with Crippen LogP contribution >= 0.6 is 11.8 Å². The second-order valence-corrected chi connectivity index (χ2v) is 9.10. The van der Waals surface area contributed by atoms with Crippen molar-refractivity contribution in [3.8, 4) is 11.5 Å². The van der Waals surface area contributed by atoms with E-state index in [0.717, 1.165) is 34.3 Å². The van der Waals surface area contributed by atoms with E-state index in [1.165, 1.54) is 12.7 Å². The summed E-state index contributed by atoms with van der Waals surface area (Å²) in [7, 11) is 3.08. The van der Waals surface area contributed by atoms with E-state index in [4.69, 9.17) is 9.47 Å². The van der Waals surface area contributed by atoms with Crippen molar-refractivity contribution < 1.29 is 23.9 Å². The number of rotatable bonds is 8. The van der Waals surface area contributed by atoms with Crippen molar-refractivity contribution in [3.05, 3.63) is 58.5 Å². The summed E-state index contributed by atoms with van der Waals surface area (Å²) >= 11 is 0.883. The topological polar surface area (TPSA) is 88.2 Å². The van der Waals surface area contributed by atoms with E-state index in [2.05, 4.69) is 23.2 Å². The molecule has 9 heteroatoms.